The summed E-state index contributed by atoms with van der Waals surface area (Å²) >= 11 is 1.58. The van der Waals surface area contributed by atoms with E-state index in [-0.39, 0.29) is 18.6 Å². The van der Waals surface area contributed by atoms with Crippen LogP contribution in [0.15, 0.2) is 30.3 Å². The van der Waals surface area contributed by atoms with E-state index in [1.165, 1.54) is 5.56 Å². The van der Waals surface area contributed by atoms with Gasteiger partial charge in [0.05, 0.1) is 18.4 Å². The van der Waals surface area contributed by atoms with Crippen LogP contribution in [0.3, 0.4) is 0 Å². The summed E-state index contributed by atoms with van der Waals surface area (Å²) in [5.74, 6) is 1.27. The van der Waals surface area contributed by atoms with Gasteiger partial charge in [-0.25, -0.2) is 0 Å². The lowest BCUT2D eigenvalue weighted by Crippen LogP contribution is -2.37. The van der Waals surface area contributed by atoms with Gasteiger partial charge in [-0.3, -0.25) is 4.79 Å². The van der Waals surface area contributed by atoms with E-state index >= 15 is 0 Å². The Morgan fingerprint density at radius 2 is 2.12 bits per heavy atom. The summed E-state index contributed by atoms with van der Waals surface area (Å²) in [6.45, 7) is 1.95. The molecule has 0 saturated heterocycles. The zero-order valence-corrected chi connectivity index (χ0v) is 10.9. The Balaban J connectivity index is 2.20. The molecule has 1 amide bonds. The lowest BCUT2D eigenvalue weighted by Gasteiger charge is -2.13. The van der Waals surface area contributed by atoms with Gasteiger partial charge in [0.25, 0.3) is 0 Å². The van der Waals surface area contributed by atoms with E-state index in [0.717, 1.165) is 12.2 Å². The molecule has 0 aliphatic rings. The molecule has 17 heavy (non-hydrogen) atoms. The molecule has 0 saturated carbocycles. The molecule has 0 radical (unpaired) electrons. The molecular formula is C13H19NO2S. The van der Waals surface area contributed by atoms with Crippen molar-refractivity contribution < 1.29 is 9.90 Å². The molecule has 3 nitrogen and oxygen atoms in total. The largest absolute Gasteiger partial charge is 0.394 e. The average Bonchev–Trinajstić information content (AvgIpc) is 2.37. The van der Waals surface area contributed by atoms with Crippen LogP contribution in [-0.4, -0.2) is 29.4 Å². The van der Waals surface area contributed by atoms with Gasteiger partial charge < -0.3 is 10.4 Å². The van der Waals surface area contributed by atoms with Crippen LogP contribution in [0, 0.1) is 0 Å². The van der Waals surface area contributed by atoms with Crippen LogP contribution in [0.5, 0.6) is 0 Å². The second-order valence-electron chi connectivity index (χ2n) is 3.83. The number of aliphatic hydroxyl groups excluding tert-OH is 1. The van der Waals surface area contributed by atoms with E-state index in [4.69, 9.17) is 5.11 Å². The molecule has 1 aromatic carbocycles. The van der Waals surface area contributed by atoms with Crippen molar-refractivity contribution in [2.75, 3.05) is 12.4 Å². The summed E-state index contributed by atoms with van der Waals surface area (Å²) in [5, 5.41) is 11.7. The molecule has 4 heteroatoms. The fourth-order valence-corrected chi connectivity index (χ4v) is 2.18. The minimum Gasteiger partial charge on any atom is -0.394 e. The first-order valence-electron chi connectivity index (χ1n) is 5.78. The van der Waals surface area contributed by atoms with Gasteiger partial charge in [-0.1, -0.05) is 37.3 Å². The zero-order valence-electron chi connectivity index (χ0n) is 10.1. The molecule has 1 rings (SSSR count). The molecule has 1 atom stereocenters. The number of hydrogen-bond acceptors (Lipinski definition) is 3. The topological polar surface area (TPSA) is 49.3 Å². The monoisotopic (exact) mass is 253 g/mol. The van der Waals surface area contributed by atoms with Crippen molar-refractivity contribution in [3.8, 4) is 0 Å². The summed E-state index contributed by atoms with van der Waals surface area (Å²) < 4.78 is 0. The van der Waals surface area contributed by atoms with E-state index in [0.29, 0.717) is 5.75 Å². The van der Waals surface area contributed by atoms with Crippen molar-refractivity contribution in [1.29, 1.82) is 0 Å². The third-order valence-corrected chi connectivity index (χ3v) is 3.43. The van der Waals surface area contributed by atoms with Crippen LogP contribution in [0.25, 0.3) is 0 Å². The quantitative estimate of drug-likeness (QED) is 0.779. The Labute approximate surface area is 107 Å². The van der Waals surface area contributed by atoms with E-state index in [1.807, 2.05) is 37.3 Å². The Morgan fingerprint density at radius 3 is 2.71 bits per heavy atom. The van der Waals surface area contributed by atoms with Gasteiger partial charge in [0.15, 0.2) is 0 Å². The summed E-state index contributed by atoms with van der Waals surface area (Å²) in [5.41, 5.74) is 1.22. The van der Waals surface area contributed by atoms with Crippen LogP contribution < -0.4 is 5.32 Å². The SMILES string of the molecule is CC[C@H](CO)NC(=O)CSCc1ccccc1. The van der Waals surface area contributed by atoms with Crippen LogP contribution in [0.2, 0.25) is 0 Å². The molecule has 0 aromatic heterocycles. The highest BCUT2D eigenvalue weighted by Crippen LogP contribution is 2.11. The smallest absolute Gasteiger partial charge is 0.230 e. The van der Waals surface area contributed by atoms with E-state index in [1.54, 1.807) is 11.8 Å². The number of thioether (sulfide) groups is 1. The van der Waals surface area contributed by atoms with E-state index in [2.05, 4.69) is 5.32 Å². The molecule has 0 unspecified atom stereocenters. The van der Waals surface area contributed by atoms with Gasteiger partial charge in [0, 0.05) is 5.75 Å². The zero-order chi connectivity index (χ0) is 12.5. The first-order valence-corrected chi connectivity index (χ1v) is 6.93. The predicted molar refractivity (Wildman–Crippen MR) is 71.9 cm³/mol. The second kappa shape index (κ2) is 8.14. The number of benzene rings is 1. The number of carbonyl (C=O) groups excluding carboxylic acids is 1. The molecule has 0 fully saturated rings. The average molecular weight is 253 g/mol. The summed E-state index contributed by atoms with van der Waals surface area (Å²) in [6, 6.07) is 9.96. The van der Waals surface area contributed by atoms with Crippen molar-refractivity contribution in [1.82, 2.24) is 5.32 Å². The number of rotatable bonds is 7. The fraction of sp³-hybridized carbons (Fsp3) is 0.462. The Hall–Kier alpha value is -1.00. The van der Waals surface area contributed by atoms with Crippen molar-refractivity contribution in [2.45, 2.75) is 25.1 Å². The maximum atomic E-state index is 11.5. The molecule has 1 aromatic rings. The number of nitrogens with one attached hydrogen (secondary N) is 1. The normalized spacial score (nSPS) is 12.1. The lowest BCUT2D eigenvalue weighted by molar-refractivity contribution is -0.119. The second-order valence-corrected chi connectivity index (χ2v) is 4.82. The van der Waals surface area contributed by atoms with Crippen LogP contribution >= 0.6 is 11.8 Å². The predicted octanol–water partition coefficient (Wildman–Crippen LogP) is 1.81. The number of amides is 1. The third-order valence-electron chi connectivity index (χ3n) is 2.42. The molecular weight excluding hydrogens is 234 g/mol. The van der Waals surface area contributed by atoms with Crippen molar-refractivity contribution in [3.63, 3.8) is 0 Å². The third kappa shape index (κ3) is 5.75. The highest BCUT2D eigenvalue weighted by Gasteiger charge is 2.08. The summed E-state index contributed by atoms with van der Waals surface area (Å²) in [4.78, 5) is 11.5. The molecule has 2 N–H and O–H groups in total. The van der Waals surface area contributed by atoms with Crippen LogP contribution in [0.1, 0.15) is 18.9 Å². The van der Waals surface area contributed by atoms with Crippen molar-refractivity contribution >= 4 is 17.7 Å². The highest BCUT2D eigenvalue weighted by atomic mass is 32.2. The molecule has 0 bridgehead atoms. The van der Waals surface area contributed by atoms with Crippen molar-refractivity contribution in [2.24, 2.45) is 0 Å². The van der Waals surface area contributed by atoms with Gasteiger partial charge in [-0.2, -0.15) is 0 Å². The number of carbonyl (C=O) groups is 1. The van der Waals surface area contributed by atoms with Gasteiger partial charge >= 0.3 is 0 Å². The molecule has 0 aliphatic heterocycles. The highest BCUT2D eigenvalue weighted by molar-refractivity contribution is 7.99. The minimum absolute atomic E-state index is 0.00555. The van der Waals surface area contributed by atoms with Crippen molar-refractivity contribution in [3.05, 3.63) is 35.9 Å². The molecule has 94 valence electrons. The van der Waals surface area contributed by atoms with Crippen LogP contribution in [-0.2, 0) is 10.5 Å². The Bertz CT molecular complexity index is 325. The van der Waals surface area contributed by atoms with Gasteiger partial charge in [-0.15, -0.1) is 11.8 Å². The van der Waals surface area contributed by atoms with Gasteiger partial charge in [0.2, 0.25) is 5.91 Å². The first-order chi connectivity index (χ1) is 8.26. The Kier molecular flexibility index (Phi) is 6.74. The van der Waals surface area contributed by atoms with E-state index < -0.39 is 0 Å². The summed E-state index contributed by atoms with van der Waals surface area (Å²) in [7, 11) is 0. The summed E-state index contributed by atoms with van der Waals surface area (Å²) in [6.07, 6.45) is 0.756. The first kappa shape index (κ1) is 14.1. The minimum atomic E-state index is -0.111. The van der Waals surface area contributed by atoms with Gasteiger partial charge in [0.1, 0.15) is 0 Å². The Morgan fingerprint density at radius 1 is 1.41 bits per heavy atom. The lowest BCUT2D eigenvalue weighted by atomic mass is 10.2. The maximum Gasteiger partial charge on any atom is 0.230 e. The standard InChI is InChI=1S/C13H19NO2S/c1-2-12(8-15)14-13(16)10-17-9-11-6-4-3-5-7-11/h3-7,12,15H,2,8-10H2,1H3,(H,14,16)/t12-/m1/s1. The number of hydrogen-bond donors (Lipinski definition) is 2. The molecule has 0 spiro atoms. The number of aliphatic hydroxyl groups is 1. The van der Waals surface area contributed by atoms with Gasteiger partial charge in [-0.05, 0) is 12.0 Å². The van der Waals surface area contributed by atoms with E-state index in [9.17, 15) is 4.79 Å². The van der Waals surface area contributed by atoms with Crippen LogP contribution in [0.4, 0.5) is 0 Å². The maximum absolute atomic E-state index is 11.5. The molecule has 0 heterocycles. The molecule has 0 aliphatic carbocycles. The fourth-order valence-electron chi connectivity index (χ4n) is 1.38.